The van der Waals surface area contributed by atoms with E-state index in [1.54, 1.807) is 12.1 Å². The molecule has 4 rings (SSSR count). The Labute approximate surface area is 189 Å². The molecule has 0 heterocycles. The summed E-state index contributed by atoms with van der Waals surface area (Å²) in [7, 11) is -1.13. The van der Waals surface area contributed by atoms with Crippen molar-refractivity contribution in [1.29, 1.82) is 0 Å². The van der Waals surface area contributed by atoms with Gasteiger partial charge in [-0.2, -0.15) is 0 Å². The lowest BCUT2D eigenvalue weighted by Gasteiger charge is -2.30. The minimum absolute atomic E-state index is 0.0751. The molecule has 3 aromatic rings. The van der Waals surface area contributed by atoms with Gasteiger partial charge in [-0.25, -0.2) is 8.42 Å². The van der Waals surface area contributed by atoms with Crippen LogP contribution in [0.2, 0.25) is 0 Å². The van der Waals surface area contributed by atoms with Crippen molar-refractivity contribution in [2.24, 2.45) is 0 Å². The van der Waals surface area contributed by atoms with Gasteiger partial charge in [-0.05, 0) is 53.4 Å². The molecule has 0 N–H and O–H groups in total. The molecule has 0 atom stereocenters. The third-order valence-corrected chi connectivity index (χ3v) is 7.94. The van der Waals surface area contributed by atoms with Crippen LogP contribution >= 0.6 is 0 Å². The highest BCUT2D eigenvalue weighted by Crippen LogP contribution is 2.29. The zero-order chi connectivity index (χ0) is 22.7. The van der Waals surface area contributed by atoms with Crippen molar-refractivity contribution in [2.75, 3.05) is 14.2 Å². The lowest BCUT2D eigenvalue weighted by Crippen LogP contribution is -2.38. The van der Waals surface area contributed by atoms with Crippen molar-refractivity contribution in [3.63, 3.8) is 0 Å². The molecule has 1 saturated carbocycles. The van der Waals surface area contributed by atoms with Crippen molar-refractivity contribution in [3.05, 3.63) is 77.9 Å². The van der Waals surface area contributed by atoms with E-state index in [1.807, 2.05) is 23.1 Å². The number of nitrogens with zero attached hydrogens (tertiary/aromatic N) is 2. The highest BCUT2D eigenvalue weighted by molar-refractivity contribution is 7.89. The van der Waals surface area contributed by atoms with Crippen LogP contribution in [-0.4, -0.2) is 43.9 Å². The molecular weight excluding hydrogens is 424 g/mol. The van der Waals surface area contributed by atoms with E-state index in [9.17, 15) is 13.2 Å². The Hall–Kier alpha value is -2.74. The number of benzene rings is 3. The lowest BCUT2D eigenvalue weighted by molar-refractivity contribution is -0.0258. The van der Waals surface area contributed by atoms with E-state index in [2.05, 4.69) is 24.3 Å². The SMILES string of the molecule is CON(C)S(=O)(=O)c1ccc(C(=O)N(Cc2cccc3ccccc23)C2CCCC2)cc1. The maximum Gasteiger partial charge on any atom is 0.264 e. The quantitative estimate of drug-likeness (QED) is 0.491. The van der Waals surface area contributed by atoms with Crippen LogP contribution in [0.15, 0.2) is 71.6 Å². The Morgan fingerprint density at radius 3 is 2.31 bits per heavy atom. The fraction of sp³-hybridized carbons (Fsp3) is 0.320. The van der Waals surface area contributed by atoms with Crippen LogP contribution in [0.1, 0.15) is 41.6 Å². The molecule has 168 valence electrons. The third-order valence-electron chi connectivity index (χ3n) is 6.24. The number of sulfonamides is 1. The number of fused-ring (bicyclic) bond motifs is 1. The first kappa shape index (κ1) is 22.5. The van der Waals surface area contributed by atoms with E-state index < -0.39 is 10.0 Å². The lowest BCUT2D eigenvalue weighted by atomic mass is 10.0. The first-order valence-electron chi connectivity index (χ1n) is 10.8. The van der Waals surface area contributed by atoms with Crippen LogP contribution in [0.4, 0.5) is 0 Å². The predicted octanol–water partition coefficient (Wildman–Crippen LogP) is 4.61. The van der Waals surface area contributed by atoms with Gasteiger partial charge in [0.1, 0.15) is 0 Å². The predicted molar refractivity (Wildman–Crippen MR) is 124 cm³/mol. The van der Waals surface area contributed by atoms with Crippen molar-refractivity contribution < 1.29 is 18.0 Å². The summed E-state index contributed by atoms with van der Waals surface area (Å²) in [4.78, 5) is 20.4. The first-order chi connectivity index (χ1) is 15.4. The second-order valence-electron chi connectivity index (χ2n) is 8.13. The van der Waals surface area contributed by atoms with Crippen molar-refractivity contribution in [3.8, 4) is 0 Å². The van der Waals surface area contributed by atoms with Crippen LogP contribution < -0.4 is 0 Å². The van der Waals surface area contributed by atoms with E-state index in [1.165, 1.54) is 26.3 Å². The maximum absolute atomic E-state index is 13.6. The Balaban J connectivity index is 1.64. The number of amides is 1. The molecule has 1 aliphatic carbocycles. The second-order valence-corrected chi connectivity index (χ2v) is 10.1. The number of carbonyl (C=O) groups is 1. The summed E-state index contributed by atoms with van der Waals surface area (Å²) in [5.41, 5.74) is 1.60. The highest BCUT2D eigenvalue weighted by atomic mass is 32.2. The number of hydroxylamine groups is 1. The zero-order valence-corrected chi connectivity index (χ0v) is 19.2. The Morgan fingerprint density at radius 2 is 1.62 bits per heavy atom. The van der Waals surface area contributed by atoms with Gasteiger partial charge in [0.15, 0.2) is 0 Å². The molecule has 6 nitrogen and oxygen atoms in total. The summed E-state index contributed by atoms with van der Waals surface area (Å²) < 4.78 is 25.7. The van der Waals surface area contributed by atoms with E-state index in [0.29, 0.717) is 12.1 Å². The largest absolute Gasteiger partial charge is 0.331 e. The van der Waals surface area contributed by atoms with Crippen LogP contribution in [-0.2, 0) is 21.4 Å². The van der Waals surface area contributed by atoms with Gasteiger partial charge in [0.2, 0.25) is 0 Å². The van der Waals surface area contributed by atoms with Gasteiger partial charge in [-0.1, -0.05) is 59.8 Å². The normalized spacial score (nSPS) is 14.8. The third kappa shape index (κ3) is 4.41. The van der Waals surface area contributed by atoms with Gasteiger partial charge < -0.3 is 4.90 Å². The summed E-state index contributed by atoms with van der Waals surface area (Å²) in [5.74, 6) is -0.0751. The minimum atomic E-state index is -3.75. The Morgan fingerprint density at radius 1 is 0.969 bits per heavy atom. The molecule has 0 bridgehead atoms. The second kappa shape index (κ2) is 9.40. The van der Waals surface area contributed by atoms with Gasteiger partial charge in [-0.15, -0.1) is 0 Å². The van der Waals surface area contributed by atoms with Gasteiger partial charge >= 0.3 is 0 Å². The number of hydrogen-bond acceptors (Lipinski definition) is 4. The Bertz CT molecular complexity index is 1200. The minimum Gasteiger partial charge on any atom is -0.331 e. The summed E-state index contributed by atoms with van der Waals surface area (Å²) in [6.07, 6.45) is 4.21. The molecule has 1 aliphatic rings. The van der Waals surface area contributed by atoms with Crippen LogP contribution in [0, 0.1) is 0 Å². The maximum atomic E-state index is 13.6. The molecule has 0 spiro atoms. The molecule has 1 amide bonds. The van der Waals surface area contributed by atoms with E-state index in [0.717, 1.165) is 46.5 Å². The smallest absolute Gasteiger partial charge is 0.264 e. The van der Waals surface area contributed by atoms with E-state index in [4.69, 9.17) is 4.84 Å². The zero-order valence-electron chi connectivity index (χ0n) is 18.4. The van der Waals surface area contributed by atoms with Gasteiger partial charge in [0.05, 0.1) is 12.0 Å². The van der Waals surface area contributed by atoms with Crippen molar-refractivity contribution in [2.45, 2.75) is 43.2 Å². The number of hydrogen-bond donors (Lipinski definition) is 0. The fourth-order valence-electron chi connectivity index (χ4n) is 4.38. The van der Waals surface area contributed by atoms with Gasteiger partial charge in [0, 0.05) is 25.2 Å². The van der Waals surface area contributed by atoms with Crippen molar-refractivity contribution >= 4 is 26.7 Å². The highest BCUT2D eigenvalue weighted by Gasteiger charge is 2.28. The topological polar surface area (TPSA) is 66.9 Å². The summed E-state index contributed by atoms with van der Waals surface area (Å²) >= 11 is 0. The van der Waals surface area contributed by atoms with Gasteiger partial charge in [0.25, 0.3) is 15.9 Å². The van der Waals surface area contributed by atoms with E-state index in [-0.39, 0.29) is 16.8 Å². The molecule has 32 heavy (non-hydrogen) atoms. The average molecular weight is 453 g/mol. The summed E-state index contributed by atoms with van der Waals surface area (Å²) in [6.45, 7) is 0.525. The summed E-state index contributed by atoms with van der Waals surface area (Å²) in [5, 5.41) is 2.30. The Kier molecular flexibility index (Phi) is 6.60. The van der Waals surface area contributed by atoms with E-state index >= 15 is 0 Å². The molecule has 0 aromatic heterocycles. The standard InChI is InChI=1S/C25H28N2O4S/c1-26(31-2)32(29,30)23-16-14-20(15-17-23)25(28)27(22-11-4-5-12-22)18-21-10-7-9-19-8-3-6-13-24(19)21/h3,6-10,13-17,22H,4-5,11-12,18H2,1-2H3. The molecule has 0 saturated heterocycles. The van der Waals surface area contributed by atoms with Crippen LogP contribution in [0.25, 0.3) is 10.8 Å². The number of carbonyl (C=O) groups excluding carboxylic acids is 1. The number of rotatable bonds is 7. The molecule has 1 fully saturated rings. The molecule has 0 unspecified atom stereocenters. The molecule has 3 aromatic carbocycles. The van der Waals surface area contributed by atoms with Crippen molar-refractivity contribution in [1.82, 2.24) is 9.37 Å². The van der Waals surface area contributed by atoms with Gasteiger partial charge in [-0.3, -0.25) is 9.63 Å². The van der Waals surface area contributed by atoms with Crippen LogP contribution in [0.3, 0.4) is 0 Å². The van der Waals surface area contributed by atoms with Crippen LogP contribution in [0.5, 0.6) is 0 Å². The average Bonchev–Trinajstić information content (AvgIpc) is 3.36. The fourth-order valence-corrected chi connectivity index (χ4v) is 5.35. The molecule has 0 radical (unpaired) electrons. The first-order valence-corrected chi connectivity index (χ1v) is 12.3. The summed E-state index contributed by atoms with van der Waals surface area (Å²) in [6, 6.07) is 20.7. The molecule has 0 aliphatic heterocycles. The monoisotopic (exact) mass is 452 g/mol. The molecular formula is C25H28N2O4S. The molecule has 7 heteroatoms.